The van der Waals surface area contributed by atoms with Gasteiger partial charge in [-0.3, -0.25) is 9.59 Å². The number of hydrogen-bond acceptors (Lipinski definition) is 7. The van der Waals surface area contributed by atoms with E-state index in [1.165, 1.54) is 32.9 Å². The first kappa shape index (κ1) is 30.5. The van der Waals surface area contributed by atoms with Gasteiger partial charge in [0.1, 0.15) is 23.3 Å². The van der Waals surface area contributed by atoms with Gasteiger partial charge >= 0.3 is 12.1 Å². The summed E-state index contributed by atoms with van der Waals surface area (Å²) in [5.41, 5.74) is -1.39. The van der Waals surface area contributed by atoms with E-state index in [0.29, 0.717) is 17.0 Å². The Bertz CT molecular complexity index is 1050. The first-order chi connectivity index (χ1) is 17.0. The number of aliphatic hydroxyl groups is 2. The van der Waals surface area contributed by atoms with Gasteiger partial charge in [0.25, 0.3) is 0 Å². The zero-order valence-electron chi connectivity index (χ0n) is 22.0. The number of carbonyl (C=O) groups is 2. The topological polar surface area (TPSA) is 110 Å². The third-order valence-electron chi connectivity index (χ3n) is 6.82. The Balaban J connectivity index is 2.50. The number of Topliss-reactive ketones (excluding diaryl/α,β-unsaturated/α-hetero) is 1. The molecule has 1 aliphatic heterocycles. The van der Waals surface area contributed by atoms with E-state index in [9.17, 15) is 33.0 Å². The highest BCUT2D eigenvalue weighted by Gasteiger charge is 2.42. The molecule has 1 aromatic heterocycles. The molecule has 1 aromatic rings. The lowest BCUT2D eigenvalue weighted by atomic mass is 9.73. The fourth-order valence-electron chi connectivity index (χ4n) is 4.18. The number of esters is 1. The van der Waals surface area contributed by atoms with E-state index in [2.05, 4.69) is 5.16 Å². The lowest BCUT2D eigenvalue weighted by Crippen LogP contribution is -2.45. The number of aromatic nitrogens is 1. The molecule has 0 radical (unpaired) electrons. The van der Waals surface area contributed by atoms with E-state index >= 15 is 0 Å². The van der Waals surface area contributed by atoms with E-state index in [1.54, 1.807) is 32.9 Å². The fourth-order valence-corrected chi connectivity index (χ4v) is 4.18. The number of halogens is 3. The number of ketones is 1. The summed E-state index contributed by atoms with van der Waals surface area (Å²) < 4.78 is 51.7. The molecule has 10 heteroatoms. The van der Waals surface area contributed by atoms with Crippen LogP contribution in [0, 0.1) is 24.2 Å². The Kier molecular flexibility index (Phi) is 10.1. The lowest BCUT2D eigenvalue weighted by Gasteiger charge is -2.34. The van der Waals surface area contributed by atoms with Crippen LogP contribution < -0.4 is 0 Å². The molecule has 2 rings (SSSR count). The highest BCUT2D eigenvalue weighted by molar-refractivity contribution is 5.88. The molecule has 0 amide bonds. The van der Waals surface area contributed by atoms with Crippen LogP contribution >= 0.6 is 0 Å². The average molecular weight is 528 g/mol. The summed E-state index contributed by atoms with van der Waals surface area (Å²) >= 11 is 0. The van der Waals surface area contributed by atoms with Gasteiger partial charge in [-0.2, -0.15) is 13.2 Å². The monoisotopic (exact) mass is 527 g/mol. The minimum atomic E-state index is -4.63. The summed E-state index contributed by atoms with van der Waals surface area (Å²) in [7, 11) is 0. The van der Waals surface area contributed by atoms with E-state index in [1.807, 2.05) is 0 Å². The van der Waals surface area contributed by atoms with Crippen molar-refractivity contribution in [3.63, 3.8) is 0 Å². The Morgan fingerprint density at radius 3 is 2.43 bits per heavy atom. The first-order valence-electron chi connectivity index (χ1n) is 12.2. The van der Waals surface area contributed by atoms with Crippen molar-refractivity contribution in [3.05, 3.63) is 46.9 Å². The lowest BCUT2D eigenvalue weighted by molar-refractivity contribution is -0.154. The zero-order valence-corrected chi connectivity index (χ0v) is 22.0. The molecule has 0 aromatic carbocycles. The number of alkyl halides is 3. The van der Waals surface area contributed by atoms with Gasteiger partial charge < -0.3 is 19.5 Å². The van der Waals surface area contributed by atoms with Gasteiger partial charge in [0.05, 0.1) is 24.0 Å². The molecule has 0 aliphatic carbocycles. The fraction of sp³-hybridized carbons (Fsp3) is 0.593. The smallest absolute Gasteiger partial charge is 0.412 e. The molecule has 1 unspecified atom stereocenters. The summed E-state index contributed by atoms with van der Waals surface area (Å²) in [6.45, 7) is 9.33. The maximum atomic E-state index is 13.7. The molecule has 2 heterocycles. The van der Waals surface area contributed by atoms with Crippen LogP contribution in [0.15, 0.2) is 40.0 Å². The summed E-state index contributed by atoms with van der Waals surface area (Å²) in [6.07, 6.45) is -4.36. The van der Waals surface area contributed by atoms with Crippen molar-refractivity contribution >= 4 is 17.8 Å². The quantitative estimate of drug-likeness (QED) is 0.406. The van der Waals surface area contributed by atoms with E-state index < -0.39 is 71.9 Å². The number of ether oxygens (including phenoxy) is 1. The van der Waals surface area contributed by atoms with Gasteiger partial charge in [-0.25, -0.2) is 0 Å². The molecular weight excluding hydrogens is 491 g/mol. The van der Waals surface area contributed by atoms with Crippen molar-refractivity contribution in [1.29, 1.82) is 0 Å². The Labute approximate surface area is 215 Å². The second kappa shape index (κ2) is 12.2. The molecular formula is C27H36F3NO6. The summed E-state index contributed by atoms with van der Waals surface area (Å²) in [4.78, 5) is 25.9. The number of carbonyl (C=O) groups excluding carboxylic acids is 2. The standard InChI is InChI=1S/C27H36F3NO6/c1-15-8-7-9-19(27(28,29)30)10-11-21(16(2)12-20-13-17(3)37-31-20)36-23(33)14-22(32)26(5,6)25(35)18(4)24(15)34/h7-8,10,12-13,15,18,21-22,24,32,34H,9,11,14H2,1-6H3/b8-7+,16-12+,19-10-/t15-,18+,21-,22-,24?/m0/s1. The van der Waals surface area contributed by atoms with Crippen molar-refractivity contribution in [1.82, 2.24) is 5.16 Å². The first-order valence-corrected chi connectivity index (χ1v) is 12.2. The van der Waals surface area contributed by atoms with Gasteiger partial charge in [-0.15, -0.1) is 0 Å². The predicted octanol–water partition coefficient (Wildman–Crippen LogP) is 5.12. The molecule has 0 saturated carbocycles. The normalized spacial score (nSPS) is 31.4. The number of rotatable bonds is 2. The van der Waals surface area contributed by atoms with E-state index in [0.717, 1.165) is 6.08 Å². The van der Waals surface area contributed by atoms with Crippen LogP contribution in [0.2, 0.25) is 0 Å². The number of allylic oxidation sites excluding steroid dienone is 2. The van der Waals surface area contributed by atoms with E-state index in [4.69, 9.17) is 9.26 Å². The summed E-state index contributed by atoms with van der Waals surface area (Å²) in [6, 6.07) is 1.62. The number of hydrogen-bond donors (Lipinski definition) is 2. The zero-order chi connectivity index (χ0) is 28.1. The SMILES string of the molecule is C/C(=C\c1cc(C)on1)[C@@H]1C/C=C(\C(F)(F)F)C/C=C/[C@H](C)C(O)[C@@H](C)C(=O)C(C)(C)[C@@H](O)CC(=O)O1. The molecule has 7 nitrogen and oxygen atoms in total. The minimum absolute atomic E-state index is 0.277. The predicted molar refractivity (Wildman–Crippen MR) is 131 cm³/mol. The van der Waals surface area contributed by atoms with Crippen LogP contribution in [0.1, 0.15) is 65.3 Å². The van der Waals surface area contributed by atoms with Gasteiger partial charge in [0.15, 0.2) is 0 Å². The van der Waals surface area contributed by atoms with Gasteiger partial charge in [0, 0.05) is 29.9 Å². The Morgan fingerprint density at radius 2 is 1.86 bits per heavy atom. The van der Waals surface area contributed by atoms with Crippen molar-refractivity contribution < 1.29 is 42.2 Å². The van der Waals surface area contributed by atoms with Crippen molar-refractivity contribution in [3.8, 4) is 0 Å². The van der Waals surface area contributed by atoms with Crippen LogP contribution in [0.3, 0.4) is 0 Å². The molecule has 1 aliphatic rings. The molecule has 5 atom stereocenters. The number of nitrogens with zero attached hydrogens (tertiary/aromatic N) is 1. The third-order valence-corrected chi connectivity index (χ3v) is 6.82. The van der Waals surface area contributed by atoms with Crippen molar-refractivity contribution in [2.45, 2.75) is 85.3 Å². The maximum absolute atomic E-state index is 13.7. The van der Waals surface area contributed by atoms with Gasteiger partial charge in [-0.1, -0.05) is 51.1 Å². The number of aryl methyl sites for hydroxylation is 1. The third kappa shape index (κ3) is 8.13. The summed E-state index contributed by atoms with van der Waals surface area (Å²) in [5, 5.41) is 25.2. The molecule has 2 N–H and O–H groups in total. The van der Waals surface area contributed by atoms with Crippen molar-refractivity contribution in [2.24, 2.45) is 17.3 Å². The molecule has 0 saturated heterocycles. The maximum Gasteiger partial charge on any atom is 0.412 e. The van der Waals surface area contributed by atoms with Gasteiger partial charge in [0.2, 0.25) is 0 Å². The highest BCUT2D eigenvalue weighted by Crippen LogP contribution is 2.33. The van der Waals surface area contributed by atoms with Crippen LogP contribution in [0.5, 0.6) is 0 Å². The average Bonchev–Trinajstić information content (AvgIpc) is 3.21. The minimum Gasteiger partial charge on any atom is -0.457 e. The molecule has 0 spiro atoms. The Morgan fingerprint density at radius 1 is 1.22 bits per heavy atom. The molecule has 206 valence electrons. The van der Waals surface area contributed by atoms with Crippen LogP contribution in [-0.4, -0.2) is 51.6 Å². The molecule has 0 bridgehead atoms. The number of aliphatic hydroxyl groups excluding tert-OH is 2. The number of cyclic esters (lactones) is 1. The van der Waals surface area contributed by atoms with E-state index in [-0.39, 0.29) is 6.42 Å². The second-order valence-electron chi connectivity index (χ2n) is 10.3. The second-order valence-corrected chi connectivity index (χ2v) is 10.3. The van der Waals surface area contributed by atoms with Crippen LogP contribution in [0.25, 0.3) is 6.08 Å². The molecule has 0 fully saturated rings. The summed E-state index contributed by atoms with van der Waals surface area (Å²) in [5.74, 6) is -2.38. The van der Waals surface area contributed by atoms with Crippen LogP contribution in [-0.2, 0) is 14.3 Å². The largest absolute Gasteiger partial charge is 0.457 e. The van der Waals surface area contributed by atoms with Gasteiger partial charge in [-0.05, 0) is 31.9 Å². The van der Waals surface area contributed by atoms with Crippen molar-refractivity contribution in [2.75, 3.05) is 0 Å². The highest BCUT2D eigenvalue weighted by atomic mass is 19.4. The Hall–Kier alpha value is -2.72. The molecule has 37 heavy (non-hydrogen) atoms. The van der Waals surface area contributed by atoms with Crippen LogP contribution in [0.4, 0.5) is 13.2 Å².